The quantitative estimate of drug-likeness (QED) is 0.580. The average Bonchev–Trinajstić information content (AvgIpc) is 1.88. The molecular weight excluding hydrogens is 180 g/mol. The lowest BCUT2D eigenvalue weighted by molar-refractivity contribution is 0.0823. The largest absolute Gasteiger partial charge is 0.377 e. The number of halogens is 1. The van der Waals surface area contributed by atoms with Crippen molar-refractivity contribution in [2.24, 2.45) is 0 Å². The lowest BCUT2D eigenvalue weighted by Crippen LogP contribution is -2.17. The van der Waals surface area contributed by atoms with Crippen molar-refractivity contribution in [3.8, 4) is 0 Å². The minimum Gasteiger partial charge on any atom is -0.377 e. The van der Waals surface area contributed by atoms with Crippen LogP contribution in [-0.4, -0.2) is 13.2 Å². The molecule has 1 fully saturated rings. The molecule has 1 atom stereocenters. The first kappa shape index (κ1) is 7.42. The Morgan fingerprint density at radius 1 is 1.67 bits per heavy atom. The Labute approximate surface area is 64.9 Å². The molecule has 0 aromatic rings. The maximum atomic E-state index is 5.21. The molecule has 0 heterocycles. The minimum absolute atomic E-state index is 0.480. The van der Waals surface area contributed by atoms with E-state index in [1.54, 1.807) is 7.11 Å². The average molecular weight is 192 g/mol. The zero-order chi connectivity index (χ0) is 6.69. The van der Waals surface area contributed by atoms with Crippen molar-refractivity contribution in [2.75, 3.05) is 7.11 Å². The Hall–Kier alpha value is 0.310. The van der Waals surface area contributed by atoms with Gasteiger partial charge in [-0.1, -0.05) is 0 Å². The molecular formula is C7H12BrO+. The van der Waals surface area contributed by atoms with Crippen molar-refractivity contribution >= 4 is 15.9 Å². The van der Waals surface area contributed by atoms with Crippen LogP contribution in [-0.2, 0) is 4.74 Å². The molecule has 1 unspecified atom stereocenters. The van der Waals surface area contributed by atoms with Crippen molar-refractivity contribution in [1.29, 1.82) is 0 Å². The van der Waals surface area contributed by atoms with Gasteiger partial charge in [0.15, 0.2) is 20.8 Å². The Morgan fingerprint density at radius 2 is 2.44 bits per heavy atom. The molecule has 0 aromatic carbocycles. The molecule has 52 valence electrons. The molecule has 1 aliphatic rings. The van der Waals surface area contributed by atoms with Gasteiger partial charge in [-0.05, 0) is 12.8 Å². The van der Waals surface area contributed by atoms with E-state index in [4.69, 9.17) is 4.74 Å². The number of hydrogen-bond acceptors (Lipinski definition) is 1. The summed E-state index contributed by atoms with van der Waals surface area (Å²) in [6.45, 7) is 0. The van der Waals surface area contributed by atoms with Gasteiger partial charge in [0.25, 0.3) is 0 Å². The van der Waals surface area contributed by atoms with Crippen LogP contribution in [0.25, 0.3) is 0 Å². The third-order valence-corrected chi connectivity index (χ3v) is 2.48. The smallest absolute Gasteiger partial charge is 0.198 e. The zero-order valence-corrected chi connectivity index (χ0v) is 7.28. The first-order valence-electron chi connectivity index (χ1n) is 3.36. The minimum atomic E-state index is 0.480. The van der Waals surface area contributed by atoms with E-state index in [0.717, 1.165) is 6.42 Å². The predicted octanol–water partition coefficient (Wildman–Crippen LogP) is 2.50. The fraction of sp³-hybridized carbons (Fsp3) is 0.857. The van der Waals surface area contributed by atoms with E-state index in [1.165, 1.54) is 24.1 Å². The lowest BCUT2D eigenvalue weighted by Gasteiger charge is -2.16. The molecule has 1 aliphatic carbocycles. The molecule has 2 heteroatoms. The van der Waals surface area contributed by atoms with E-state index < -0.39 is 0 Å². The van der Waals surface area contributed by atoms with Crippen LogP contribution >= 0.6 is 15.9 Å². The van der Waals surface area contributed by atoms with E-state index >= 15 is 0 Å². The summed E-state index contributed by atoms with van der Waals surface area (Å²) in [5.41, 5.74) is 0. The predicted molar refractivity (Wildman–Crippen MR) is 41.4 cm³/mol. The highest BCUT2D eigenvalue weighted by atomic mass is 79.9. The second kappa shape index (κ2) is 3.47. The number of ether oxygens (including phenoxy) is 1. The van der Waals surface area contributed by atoms with Gasteiger partial charge in [-0.2, -0.15) is 0 Å². The molecule has 0 spiro atoms. The maximum absolute atomic E-state index is 5.21. The molecule has 9 heavy (non-hydrogen) atoms. The van der Waals surface area contributed by atoms with Gasteiger partial charge in [0.1, 0.15) is 12.8 Å². The van der Waals surface area contributed by atoms with Crippen LogP contribution in [0.2, 0.25) is 0 Å². The van der Waals surface area contributed by atoms with Crippen LogP contribution in [0.15, 0.2) is 0 Å². The lowest BCUT2D eigenvalue weighted by atomic mass is 9.98. The Kier molecular flexibility index (Phi) is 2.86. The second-order valence-electron chi connectivity index (χ2n) is 2.47. The van der Waals surface area contributed by atoms with E-state index in [9.17, 15) is 0 Å². The van der Waals surface area contributed by atoms with Crippen molar-refractivity contribution in [3.05, 3.63) is 4.83 Å². The van der Waals surface area contributed by atoms with Gasteiger partial charge in [-0.15, -0.1) is 0 Å². The normalized spacial score (nSPS) is 28.7. The first-order chi connectivity index (χ1) is 4.33. The highest BCUT2D eigenvalue weighted by Gasteiger charge is 2.28. The summed E-state index contributed by atoms with van der Waals surface area (Å²) >= 11 is 3.51. The molecule has 1 saturated carbocycles. The summed E-state index contributed by atoms with van der Waals surface area (Å²) < 4.78 is 5.21. The van der Waals surface area contributed by atoms with Gasteiger partial charge in [-0.3, -0.25) is 0 Å². The highest BCUT2D eigenvalue weighted by Crippen LogP contribution is 2.31. The van der Waals surface area contributed by atoms with Gasteiger partial charge < -0.3 is 4.74 Å². The Bertz CT molecular complexity index is 85.0. The fourth-order valence-electron chi connectivity index (χ4n) is 1.17. The second-order valence-corrected chi connectivity index (χ2v) is 3.59. The molecule has 0 saturated heterocycles. The molecule has 0 bridgehead atoms. The SMILES string of the molecule is COC1CCC[C+](Br)C1. The fourth-order valence-corrected chi connectivity index (χ4v) is 1.82. The first-order valence-corrected chi connectivity index (χ1v) is 4.15. The number of hydrogen-bond donors (Lipinski definition) is 0. The third kappa shape index (κ3) is 2.18. The molecule has 0 aliphatic heterocycles. The monoisotopic (exact) mass is 191 g/mol. The molecule has 0 radical (unpaired) electrons. The molecule has 0 aromatic heterocycles. The summed E-state index contributed by atoms with van der Waals surface area (Å²) in [7, 11) is 1.79. The van der Waals surface area contributed by atoms with Gasteiger partial charge in [0, 0.05) is 7.11 Å². The van der Waals surface area contributed by atoms with Crippen LogP contribution in [0.1, 0.15) is 25.7 Å². The zero-order valence-electron chi connectivity index (χ0n) is 5.69. The maximum Gasteiger partial charge on any atom is 0.198 e. The van der Waals surface area contributed by atoms with Crippen LogP contribution < -0.4 is 0 Å². The summed E-state index contributed by atoms with van der Waals surface area (Å²) in [6.07, 6.45) is 5.33. The van der Waals surface area contributed by atoms with Crippen molar-refractivity contribution < 1.29 is 4.74 Å². The summed E-state index contributed by atoms with van der Waals surface area (Å²) in [6, 6.07) is 0. The van der Waals surface area contributed by atoms with Crippen molar-refractivity contribution in [3.63, 3.8) is 0 Å². The molecule has 0 N–H and O–H groups in total. The van der Waals surface area contributed by atoms with Crippen LogP contribution in [0, 0.1) is 4.83 Å². The summed E-state index contributed by atoms with van der Waals surface area (Å²) in [5, 5.41) is 0. The van der Waals surface area contributed by atoms with Crippen molar-refractivity contribution in [2.45, 2.75) is 31.8 Å². The Morgan fingerprint density at radius 3 is 2.89 bits per heavy atom. The molecule has 1 nitrogen and oxygen atoms in total. The Balaban J connectivity index is 2.23. The van der Waals surface area contributed by atoms with Crippen LogP contribution in [0.4, 0.5) is 0 Å². The van der Waals surface area contributed by atoms with E-state index in [2.05, 4.69) is 15.9 Å². The van der Waals surface area contributed by atoms with E-state index in [-0.39, 0.29) is 0 Å². The van der Waals surface area contributed by atoms with Crippen LogP contribution in [0.5, 0.6) is 0 Å². The van der Waals surface area contributed by atoms with Gasteiger partial charge in [-0.25, -0.2) is 0 Å². The summed E-state index contributed by atoms with van der Waals surface area (Å²) in [4.78, 5) is 1.42. The van der Waals surface area contributed by atoms with Gasteiger partial charge in [0.05, 0.1) is 6.10 Å². The third-order valence-electron chi connectivity index (χ3n) is 1.76. The topological polar surface area (TPSA) is 9.23 Å². The summed E-state index contributed by atoms with van der Waals surface area (Å²) in [5.74, 6) is 0. The highest BCUT2D eigenvalue weighted by molar-refractivity contribution is 9.11. The van der Waals surface area contributed by atoms with Crippen LogP contribution in [0.3, 0.4) is 0 Å². The molecule has 0 amide bonds. The van der Waals surface area contributed by atoms with Gasteiger partial charge in [0.2, 0.25) is 0 Å². The molecule has 1 rings (SSSR count). The standard InChI is InChI=1S/C7H12BrO/c1-9-7-4-2-3-6(8)5-7/h7H,2-5H2,1H3/q+1. The van der Waals surface area contributed by atoms with E-state index in [1.807, 2.05) is 0 Å². The number of rotatable bonds is 1. The van der Waals surface area contributed by atoms with Gasteiger partial charge >= 0.3 is 0 Å². The number of methoxy groups -OCH3 is 1. The van der Waals surface area contributed by atoms with Crippen molar-refractivity contribution in [1.82, 2.24) is 0 Å². The van der Waals surface area contributed by atoms with E-state index in [0.29, 0.717) is 6.10 Å².